The smallest absolute Gasteiger partial charge is 0.329 e. The van der Waals surface area contributed by atoms with Crippen LogP contribution in [0.3, 0.4) is 0 Å². The van der Waals surface area contributed by atoms with Crippen LogP contribution in [-0.2, 0) is 21.0 Å². The van der Waals surface area contributed by atoms with Crippen molar-refractivity contribution in [3.63, 3.8) is 0 Å². The molecule has 1 aromatic carbocycles. The van der Waals surface area contributed by atoms with Gasteiger partial charge in [-0.15, -0.1) is 0 Å². The summed E-state index contributed by atoms with van der Waals surface area (Å²) in [6.07, 6.45) is 3.92. The van der Waals surface area contributed by atoms with E-state index in [1.807, 2.05) is 35.2 Å². The van der Waals surface area contributed by atoms with E-state index in [1.54, 1.807) is 0 Å². The van der Waals surface area contributed by atoms with Crippen LogP contribution in [0, 0.1) is 5.92 Å². The molecule has 0 unspecified atom stereocenters. The van der Waals surface area contributed by atoms with Crippen LogP contribution in [0.1, 0.15) is 44.6 Å². The van der Waals surface area contributed by atoms with Gasteiger partial charge in [0.15, 0.2) is 0 Å². The molecule has 1 aliphatic heterocycles. The number of rotatable bonds is 6. The fraction of sp³-hybridized carbons (Fsp3) is 0.526. The number of amides is 3. The third-order valence-electron chi connectivity index (χ3n) is 4.51. The molecule has 1 aliphatic rings. The maximum absolute atomic E-state index is 12.2. The molecule has 26 heavy (non-hydrogen) atoms. The number of carbonyl (C=O) groups is 3. The molecule has 0 aromatic heterocycles. The van der Waals surface area contributed by atoms with Crippen molar-refractivity contribution < 1.29 is 19.2 Å². The van der Waals surface area contributed by atoms with Crippen molar-refractivity contribution >= 4 is 17.9 Å². The van der Waals surface area contributed by atoms with Gasteiger partial charge in [0, 0.05) is 33.0 Å². The van der Waals surface area contributed by atoms with Gasteiger partial charge in [-0.1, -0.05) is 30.3 Å². The lowest BCUT2D eigenvalue weighted by Crippen LogP contribution is -2.44. The number of hydrogen-bond acceptors (Lipinski definition) is 4. The predicted octanol–water partition coefficient (Wildman–Crippen LogP) is 2.37. The van der Waals surface area contributed by atoms with Gasteiger partial charge in [-0.25, -0.2) is 4.79 Å². The first-order valence-corrected chi connectivity index (χ1v) is 9.07. The largest absolute Gasteiger partial charge is 0.341 e. The van der Waals surface area contributed by atoms with E-state index in [1.165, 1.54) is 6.92 Å². The average Bonchev–Trinajstić information content (AvgIpc) is 2.66. The Kier molecular flexibility index (Phi) is 7.92. The lowest BCUT2D eigenvalue weighted by Gasteiger charge is -2.32. The van der Waals surface area contributed by atoms with E-state index in [-0.39, 0.29) is 11.9 Å². The van der Waals surface area contributed by atoms with E-state index in [0.29, 0.717) is 18.9 Å². The van der Waals surface area contributed by atoms with Gasteiger partial charge in [-0.2, -0.15) is 5.48 Å². The molecule has 0 bridgehead atoms. The van der Waals surface area contributed by atoms with Gasteiger partial charge in [-0.05, 0) is 37.2 Å². The van der Waals surface area contributed by atoms with Gasteiger partial charge in [0.1, 0.15) is 0 Å². The van der Waals surface area contributed by atoms with Crippen molar-refractivity contribution in [2.45, 2.75) is 45.6 Å². The van der Waals surface area contributed by atoms with E-state index < -0.39 is 5.97 Å². The highest BCUT2D eigenvalue weighted by atomic mass is 16.7. The first kappa shape index (κ1) is 19.8. The fourth-order valence-corrected chi connectivity index (χ4v) is 3.04. The van der Waals surface area contributed by atoms with Crippen LogP contribution in [-0.4, -0.2) is 35.9 Å². The van der Waals surface area contributed by atoms with Crippen LogP contribution in [0.2, 0.25) is 0 Å². The van der Waals surface area contributed by atoms with Gasteiger partial charge in [0.2, 0.25) is 0 Å². The quantitative estimate of drug-likeness (QED) is 0.762. The highest BCUT2D eigenvalue weighted by molar-refractivity contribution is 5.77. The maximum atomic E-state index is 12.2. The van der Waals surface area contributed by atoms with E-state index >= 15 is 0 Å². The lowest BCUT2D eigenvalue weighted by molar-refractivity contribution is -0.156. The molecule has 1 aromatic rings. The number of carbonyl (C=O) groups excluding carboxylic acids is 3. The molecule has 0 radical (unpaired) electrons. The SMILES string of the molecule is CC(=O)ONC(=O)CCCC1CCN(C(=O)NCc2ccccc2)CC1. The zero-order chi connectivity index (χ0) is 18.8. The summed E-state index contributed by atoms with van der Waals surface area (Å²) in [5.74, 6) is -0.288. The van der Waals surface area contributed by atoms with Crippen molar-refractivity contribution in [3.05, 3.63) is 35.9 Å². The number of benzene rings is 1. The van der Waals surface area contributed by atoms with Gasteiger partial charge in [0.05, 0.1) is 0 Å². The van der Waals surface area contributed by atoms with Crippen LogP contribution in [0.4, 0.5) is 4.79 Å². The summed E-state index contributed by atoms with van der Waals surface area (Å²) in [6, 6.07) is 9.83. The molecule has 7 nitrogen and oxygen atoms in total. The number of hydroxylamine groups is 1. The first-order chi connectivity index (χ1) is 12.5. The summed E-state index contributed by atoms with van der Waals surface area (Å²) in [6.45, 7) is 3.26. The Hall–Kier alpha value is -2.57. The van der Waals surface area contributed by atoms with Crippen molar-refractivity contribution in [1.82, 2.24) is 15.7 Å². The summed E-state index contributed by atoms with van der Waals surface area (Å²) in [5, 5.41) is 2.96. The lowest BCUT2D eigenvalue weighted by atomic mass is 9.91. The third-order valence-corrected chi connectivity index (χ3v) is 4.51. The van der Waals surface area contributed by atoms with Crippen LogP contribution < -0.4 is 10.8 Å². The Morgan fingerprint density at radius 3 is 2.50 bits per heavy atom. The monoisotopic (exact) mass is 361 g/mol. The van der Waals surface area contributed by atoms with Crippen LogP contribution in [0.15, 0.2) is 30.3 Å². The Morgan fingerprint density at radius 1 is 1.15 bits per heavy atom. The molecule has 1 heterocycles. The Bertz CT molecular complexity index is 598. The summed E-state index contributed by atoms with van der Waals surface area (Å²) in [5.41, 5.74) is 3.21. The summed E-state index contributed by atoms with van der Waals surface area (Å²) in [4.78, 5) is 40.6. The highest BCUT2D eigenvalue weighted by Crippen LogP contribution is 2.22. The molecular formula is C19H27N3O4. The van der Waals surface area contributed by atoms with Gasteiger partial charge in [-0.3, -0.25) is 9.59 Å². The second kappa shape index (κ2) is 10.4. The van der Waals surface area contributed by atoms with Crippen molar-refractivity contribution in [3.8, 4) is 0 Å². The number of piperidine rings is 1. The van der Waals surface area contributed by atoms with Crippen molar-refractivity contribution in [1.29, 1.82) is 0 Å². The van der Waals surface area contributed by atoms with Crippen LogP contribution in [0.25, 0.3) is 0 Å². The van der Waals surface area contributed by atoms with Gasteiger partial charge in [0.25, 0.3) is 5.91 Å². The minimum atomic E-state index is -0.531. The van der Waals surface area contributed by atoms with Crippen molar-refractivity contribution in [2.75, 3.05) is 13.1 Å². The zero-order valence-corrected chi connectivity index (χ0v) is 15.2. The molecule has 1 fully saturated rings. The first-order valence-electron chi connectivity index (χ1n) is 9.07. The minimum Gasteiger partial charge on any atom is -0.341 e. The Labute approximate surface area is 154 Å². The molecule has 0 atom stereocenters. The van der Waals surface area contributed by atoms with Gasteiger partial charge >= 0.3 is 12.0 Å². The molecule has 0 spiro atoms. The molecule has 7 heteroatoms. The van der Waals surface area contributed by atoms with E-state index in [0.717, 1.165) is 44.3 Å². The third kappa shape index (κ3) is 7.13. The number of urea groups is 1. The summed E-state index contributed by atoms with van der Waals surface area (Å²) >= 11 is 0. The topological polar surface area (TPSA) is 87.7 Å². The Morgan fingerprint density at radius 2 is 1.85 bits per heavy atom. The standard InChI is InChI=1S/C19H27N3O4/c1-15(23)26-21-18(24)9-5-8-16-10-12-22(13-11-16)19(25)20-14-17-6-3-2-4-7-17/h2-4,6-7,16H,5,8-14H2,1H3,(H,20,25)(H,21,24). The van der Waals surface area contributed by atoms with Crippen LogP contribution >= 0.6 is 0 Å². The highest BCUT2D eigenvalue weighted by Gasteiger charge is 2.22. The second-order valence-corrected chi connectivity index (χ2v) is 6.59. The normalized spacial score (nSPS) is 14.6. The molecule has 1 saturated heterocycles. The number of hydrogen-bond donors (Lipinski definition) is 2. The Balaban J connectivity index is 1.58. The molecule has 142 valence electrons. The van der Waals surface area contributed by atoms with Gasteiger partial charge < -0.3 is 15.1 Å². The van der Waals surface area contributed by atoms with Crippen LogP contribution in [0.5, 0.6) is 0 Å². The molecule has 2 N–H and O–H groups in total. The van der Waals surface area contributed by atoms with Crippen molar-refractivity contribution in [2.24, 2.45) is 5.92 Å². The molecule has 2 rings (SSSR count). The maximum Gasteiger partial charge on any atom is 0.329 e. The van der Waals surface area contributed by atoms with E-state index in [2.05, 4.69) is 15.6 Å². The zero-order valence-electron chi connectivity index (χ0n) is 15.2. The minimum absolute atomic E-state index is 0.0203. The predicted molar refractivity (Wildman–Crippen MR) is 96.7 cm³/mol. The summed E-state index contributed by atoms with van der Waals surface area (Å²) < 4.78 is 0. The average molecular weight is 361 g/mol. The second-order valence-electron chi connectivity index (χ2n) is 6.59. The number of likely N-dealkylation sites (tertiary alicyclic amines) is 1. The molecule has 0 saturated carbocycles. The molecule has 3 amide bonds. The van der Waals surface area contributed by atoms with E-state index in [9.17, 15) is 14.4 Å². The molecule has 0 aliphatic carbocycles. The van der Waals surface area contributed by atoms with E-state index in [4.69, 9.17) is 0 Å². The molecular weight excluding hydrogens is 334 g/mol. The number of nitrogens with one attached hydrogen (secondary N) is 2. The fourth-order valence-electron chi connectivity index (χ4n) is 3.04. The summed E-state index contributed by atoms with van der Waals surface area (Å²) in [7, 11) is 0. The number of nitrogens with zero attached hydrogens (tertiary/aromatic N) is 1.